The molecule has 1 aliphatic rings. The molecule has 0 radical (unpaired) electrons. The molecule has 1 amide bonds. The highest BCUT2D eigenvalue weighted by Gasteiger charge is 2.27. The number of benzene rings is 1. The zero-order valence-electron chi connectivity index (χ0n) is 13.4. The predicted octanol–water partition coefficient (Wildman–Crippen LogP) is 3.26. The Hall–Kier alpha value is -1.62. The summed E-state index contributed by atoms with van der Waals surface area (Å²) in [6, 6.07) is 2.82. The number of hydrogen-bond acceptors (Lipinski definition) is 3. The molecule has 1 aliphatic heterocycles. The highest BCUT2D eigenvalue weighted by Crippen LogP contribution is 2.37. The Morgan fingerprint density at radius 2 is 2.23 bits per heavy atom. The largest absolute Gasteiger partial charge is 0.490 e. The van der Waals surface area contributed by atoms with Crippen LogP contribution < -0.4 is 10.1 Å². The van der Waals surface area contributed by atoms with Crippen LogP contribution in [0, 0.1) is 11.7 Å². The highest BCUT2D eigenvalue weighted by atomic mass is 19.1. The van der Waals surface area contributed by atoms with Gasteiger partial charge in [-0.3, -0.25) is 4.79 Å². The first kappa shape index (κ1) is 16.7. The molecule has 1 aromatic rings. The summed E-state index contributed by atoms with van der Waals surface area (Å²) in [5, 5.41) is 13.1. The quantitative estimate of drug-likeness (QED) is 0.878. The van der Waals surface area contributed by atoms with E-state index < -0.39 is 11.9 Å². The lowest BCUT2D eigenvalue weighted by atomic mass is 9.93. The standard InChI is InChI=1S/C17H24FNO3/c1-4-16(21)19-14-5-6-22-17-12(14)8-11(9-13(17)18)15(20)7-10(2)3/h8-10,14-15,20H,4-7H2,1-3H3,(H,19,21). The van der Waals surface area contributed by atoms with Crippen molar-refractivity contribution in [1.29, 1.82) is 0 Å². The molecule has 0 aliphatic carbocycles. The van der Waals surface area contributed by atoms with Gasteiger partial charge in [0.15, 0.2) is 11.6 Å². The summed E-state index contributed by atoms with van der Waals surface area (Å²) >= 11 is 0. The summed E-state index contributed by atoms with van der Waals surface area (Å²) in [6.45, 7) is 6.15. The monoisotopic (exact) mass is 309 g/mol. The second-order valence-electron chi connectivity index (χ2n) is 6.18. The minimum absolute atomic E-state index is 0.0774. The molecule has 0 spiro atoms. The Morgan fingerprint density at radius 1 is 1.50 bits per heavy atom. The van der Waals surface area contributed by atoms with Crippen molar-refractivity contribution in [3.8, 4) is 5.75 Å². The van der Waals surface area contributed by atoms with Crippen LogP contribution in [0.15, 0.2) is 12.1 Å². The van der Waals surface area contributed by atoms with Gasteiger partial charge in [0.2, 0.25) is 5.91 Å². The minimum Gasteiger partial charge on any atom is -0.490 e. The third kappa shape index (κ3) is 3.77. The minimum atomic E-state index is -0.718. The molecule has 0 fully saturated rings. The van der Waals surface area contributed by atoms with Crippen molar-refractivity contribution in [1.82, 2.24) is 5.32 Å². The molecule has 0 saturated heterocycles. The van der Waals surface area contributed by atoms with Gasteiger partial charge in [0.05, 0.1) is 18.8 Å². The molecular formula is C17H24FNO3. The summed E-state index contributed by atoms with van der Waals surface area (Å²) in [6.07, 6.45) is 0.821. The van der Waals surface area contributed by atoms with Crippen LogP contribution in [0.3, 0.4) is 0 Å². The third-order valence-corrected chi connectivity index (χ3v) is 3.86. The topological polar surface area (TPSA) is 58.6 Å². The van der Waals surface area contributed by atoms with E-state index in [4.69, 9.17) is 4.74 Å². The SMILES string of the molecule is CCC(=O)NC1CCOc2c(F)cc(C(O)CC(C)C)cc21. The van der Waals surface area contributed by atoms with Crippen LogP contribution in [0.2, 0.25) is 0 Å². The number of fused-ring (bicyclic) bond motifs is 1. The molecule has 2 rings (SSSR count). The van der Waals surface area contributed by atoms with E-state index in [-0.39, 0.29) is 17.7 Å². The number of carbonyl (C=O) groups excluding carboxylic acids is 1. The van der Waals surface area contributed by atoms with Gasteiger partial charge in [0, 0.05) is 18.4 Å². The third-order valence-electron chi connectivity index (χ3n) is 3.86. The van der Waals surface area contributed by atoms with Gasteiger partial charge >= 0.3 is 0 Å². The molecule has 1 heterocycles. The van der Waals surface area contributed by atoms with Crippen molar-refractivity contribution in [3.05, 3.63) is 29.1 Å². The average molecular weight is 309 g/mol. The molecule has 0 aromatic heterocycles. The number of aliphatic hydroxyl groups excluding tert-OH is 1. The van der Waals surface area contributed by atoms with Crippen molar-refractivity contribution >= 4 is 5.91 Å². The molecule has 1 aromatic carbocycles. The average Bonchev–Trinajstić information content (AvgIpc) is 2.47. The number of hydrogen-bond donors (Lipinski definition) is 2. The zero-order valence-corrected chi connectivity index (χ0v) is 13.4. The molecule has 22 heavy (non-hydrogen) atoms. The van der Waals surface area contributed by atoms with E-state index in [0.717, 1.165) is 0 Å². The highest BCUT2D eigenvalue weighted by molar-refractivity contribution is 5.76. The van der Waals surface area contributed by atoms with Crippen molar-refractivity contribution in [2.75, 3.05) is 6.61 Å². The molecule has 2 N–H and O–H groups in total. The Morgan fingerprint density at radius 3 is 2.86 bits per heavy atom. The van der Waals surface area contributed by atoms with E-state index in [1.54, 1.807) is 13.0 Å². The van der Waals surface area contributed by atoms with E-state index in [1.807, 2.05) is 13.8 Å². The van der Waals surface area contributed by atoms with Gasteiger partial charge in [-0.05, 0) is 30.0 Å². The van der Waals surface area contributed by atoms with Gasteiger partial charge in [-0.2, -0.15) is 0 Å². The van der Waals surface area contributed by atoms with Gasteiger partial charge in [0.25, 0.3) is 0 Å². The number of halogens is 1. The molecule has 5 heteroatoms. The molecule has 0 bridgehead atoms. The summed E-state index contributed by atoms with van der Waals surface area (Å²) in [7, 11) is 0. The lowest BCUT2D eigenvalue weighted by molar-refractivity contribution is -0.121. The normalized spacial score (nSPS) is 18.5. The van der Waals surface area contributed by atoms with Crippen molar-refractivity contribution < 1.29 is 19.0 Å². The summed E-state index contributed by atoms with van der Waals surface area (Å²) < 4.78 is 19.7. The maximum Gasteiger partial charge on any atom is 0.220 e. The fourth-order valence-corrected chi connectivity index (χ4v) is 2.70. The van der Waals surface area contributed by atoms with Crippen LogP contribution >= 0.6 is 0 Å². The first-order valence-corrected chi connectivity index (χ1v) is 7.85. The first-order chi connectivity index (χ1) is 10.4. The van der Waals surface area contributed by atoms with Crippen LogP contribution in [-0.2, 0) is 4.79 Å². The van der Waals surface area contributed by atoms with Crippen LogP contribution in [-0.4, -0.2) is 17.6 Å². The smallest absolute Gasteiger partial charge is 0.220 e. The van der Waals surface area contributed by atoms with Crippen LogP contribution in [0.5, 0.6) is 5.75 Å². The molecule has 122 valence electrons. The molecule has 2 atom stereocenters. The second-order valence-corrected chi connectivity index (χ2v) is 6.18. The van der Waals surface area contributed by atoms with Crippen LogP contribution in [0.4, 0.5) is 4.39 Å². The van der Waals surface area contributed by atoms with Crippen molar-refractivity contribution in [3.63, 3.8) is 0 Å². The van der Waals surface area contributed by atoms with E-state index in [1.165, 1.54) is 6.07 Å². The van der Waals surface area contributed by atoms with E-state index in [0.29, 0.717) is 42.9 Å². The summed E-state index contributed by atoms with van der Waals surface area (Å²) in [4.78, 5) is 11.6. The van der Waals surface area contributed by atoms with Gasteiger partial charge in [-0.25, -0.2) is 4.39 Å². The van der Waals surface area contributed by atoms with Crippen molar-refractivity contribution in [2.24, 2.45) is 5.92 Å². The fourth-order valence-electron chi connectivity index (χ4n) is 2.70. The van der Waals surface area contributed by atoms with Crippen molar-refractivity contribution in [2.45, 2.75) is 52.2 Å². The second kappa shape index (κ2) is 7.09. The molecule has 4 nitrogen and oxygen atoms in total. The van der Waals surface area contributed by atoms with Crippen LogP contribution in [0.25, 0.3) is 0 Å². The first-order valence-electron chi connectivity index (χ1n) is 7.85. The lowest BCUT2D eigenvalue weighted by Gasteiger charge is -2.28. The Kier molecular flexibility index (Phi) is 5.40. The zero-order chi connectivity index (χ0) is 16.3. The number of ether oxygens (including phenoxy) is 1. The maximum absolute atomic E-state index is 14.3. The van der Waals surface area contributed by atoms with Gasteiger partial charge in [0.1, 0.15) is 0 Å². The molecule has 0 saturated carbocycles. The number of rotatable bonds is 5. The van der Waals surface area contributed by atoms with Crippen LogP contribution in [0.1, 0.15) is 63.3 Å². The number of aliphatic hydroxyl groups is 1. The fraction of sp³-hybridized carbons (Fsp3) is 0.588. The van der Waals surface area contributed by atoms with E-state index in [2.05, 4.69) is 5.32 Å². The van der Waals surface area contributed by atoms with Gasteiger partial charge in [-0.1, -0.05) is 20.8 Å². The molecule has 2 unspecified atom stereocenters. The van der Waals surface area contributed by atoms with E-state index in [9.17, 15) is 14.3 Å². The lowest BCUT2D eigenvalue weighted by Crippen LogP contribution is -2.32. The molecular weight excluding hydrogens is 285 g/mol. The van der Waals surface area contributed by atoms with E-state index >= 15 is 0 Å². The predicted molar refractivity (Wildman–Crippen MR) is 82.1 cm³/mol. The Bertz CT molecular complexity index is 545. The number of amides is 1. The maximum atomic E-state index is 14.3. The Labute approximate surface area is 130 Å². The Balaban J connectivity index is 2.33. The number of carbonyl (C=O) groups is 1. The summed E-state index contributed by atoms with van der Waals surface area (Å²) in [5.74, 6) is -0.0637. The number of nitrogens with one attached hydrogen (secondary N) is 1. The van der Waals surface area contributed by atoms with Gasteiger partial charge < -0.3 is 15.2 Å². The summed E-state index contributed by atoms with van der Waals surface area (Å²) in [5.41, 5.74) is 1.15. The van der Waals surface area contributed by atoms with Gasteiger partial charge in [-0.15, -0.1) is 0 Å².